The Balaban J connectivity index is 1.90. The molecule has 1 heterocycles. The van der Waals surface area contributed by atoms with E-state index in [0.29, 0.717) is 0 Å². The van der Waals surface area contributed by atoms with Crippen LogP contribution >= 0.6 is 11.8 Å². The smallest absolute Gasteiger partial charge is 0.161 e. The summed E-state index contributed by atoms with van der Waals surface area (Å²) in [6, 6.07) is 14.8. The van der Waals surface area contributed by atoms with Crippen molar-refractivity contribution < 1.29 is 9.47 Å². The molecule has 2 aromatic rings. The molecule has 1 N–H and O–H groups in total. The SMILES string of the molecule is COc1cc2c(cc1OC)C(C)(CSc1ccccc1)NCC2. The van der Waals surface area contributed by atoms with Gasteiger partial charge in [-0.1, -0.05) is 18.2 Å². The molecule has 0 saturated carbocycles. The molecule has 0 radical (unpaired) electrons. The topological polar surface area (TPSA) is 30.5 Å². The number of thioether (sulfide) groups is 1. The van der Waals surface area contributed by atoms with Crippen LogP contribution in [-0.2, 0) is 12.0 Å². The number of rotatable bonds is 5. The van der Waals surface area contributed by atoms with Crippen LogP contribution in [0.4, 0.5) is 0 Å². The molecule has 0 spiro atoms. The van der Waals surface area contributed by atoms with Crippen molar-refractivity contribution in [1.29, 1.82) is 0 Å². The lowest BCUT2D eigenvalue weighted by atomic mass is 9.85. The van der Waals surface area contributed by atoms with E-state index in [0.717, 1.165) is 30.2 Å². The van der Waals surface area contributed by atoms with E-state index in [4.69, 9.17) is 9.47 Å². The van der Waals surface area contributed by atoms with Gasteiger partial charge in [0.05, 0.1) is 19.8 Å². The first-order valence-corrected chi connectivity index (χ1v) is 8.83. The second-order valence-corrected chi connectivity index (χ2v) is 7.02. The predicted molar refractivity (Wildman–Crippen MR) is 95.8 cm³/mol. The maximum atomic E-state index is 5.50. The van der Waals surface area contributed by atoms with Crippen LogP contribution in [0.2, 0.25) is 0 Å². The Morgan fingerprint density at radius 1 is 1.09 bits per heavy atom. The highest BCUT2D eigenvalue weighted by molar-refractivity contribution is 7.99. The fourth-order valence-corrected chi connectivity index (χ4v) is 4.15. The van der Waals surface area contributed by atoms with Crippen LogP contribution in [0.3, 0.4) is 0 Å². The summed E-state index contributed by atoms with van der Waals surface area (Å²) < 4.78 is 10.9. The number of nitrogens with one attached hydrogen (secondary N) is 1. The van der Waals surface area contributed by atoms with E-state index in [-0.39, 0.29) is 5.54 Å². The summed E-state index contributed by atoms with van der Waals surface area (Å²) in [5.41, 5.74) is 2.58. The van der Waals surface area contributed by atoms with Crippen molar-refractivity contribution in [2.75, 3.05) is 26.5 Å². The van der Waals surface area contributed by atoms with Gasteiger partial charge in [0.15, 0.2) is 11.5 Å². The number of methoxy groups -OCH3 is 2. The van der Waals surface area contributed by atoms with Gasteiger partial charge in [0.2, 0.25) is 0 Å². The van der Waals surface area contributed by atoms with Crippen LogP contribution in [0.15, 0.2) is 47.4 Å². The molecule has 0 aromatic heterocycles. The molecule has 0 amide bonds. The number of benzene rings is 2. The van der Waals surface area contributed by atoms with E-state index in [1.54, 1.807) is 14.2 Å². The highest BCUT2D eigenvalue weighted by Crippen LogP contribution is 2.39. The summed E-state index contributed by atoms with van der Waals surface area (Å²) in [5.74, 6) is 2.58. The van der Waals surface area contributed by atoms with Crippen molar-refractivity contribution in [1.82, 2.24) is 5.32 Å². The van der Waals surface area contributed by atoms with Crippen LogP contribution in [0.5, 0.6) is 11.5 Å². The number of fused-ring (bicyclic) bond motifs is 1. The molecule has 3 rings (SSSR count). The van der Waals surface area contributed by atoms with Crippen LogP contribution in [0, 0.1) is 0 Å². The largest absolute Gasteiger partial charge is 0.493 e. The van der Waals surface area contributed by atoms with Crippen LogP contribution in [0.25, 0.3) is 0 Å². The van der Waals surface area contributed by atoms with Gasteiger partial charge < -0.3 is 14.8 Å². The Labute approximate surface area is 142 Å². The van der Waals surface area contributed by atoms with Crippen molar-refractivity contribution in [3.63, 3.8) is 0 Å². The maximum absolute atomic E-state index is 5.50. The van der Waals surface area contributed by atoms with Crippen molar-refractivity contribution in [3.05, 3.63) is 53.6 Å². The average molecular weight is 329 g/mol. The molecule has 122 valence electrons. The molecule has 1 aliphatic heterocycles. The lowest BCUT2D eigenvalue weighted by Gasteiger charge is -2.37. The minimum Gasteiger partial charge on any atom is -0.493 e. The molecule has 4 heteroatoms. The fourth-order valence-electron chi connectivity index (χ4n) is 3.08. The molecule has 2 aromatic carbocycles. The van der Waals surface area contributed by atoms with Gasteiger partial charge in [-0.25, -0.2) is 0 Å². The Morgan fingerprint density at radius 3 is 2.48 bits per heavy atom. The van der Waals surface area contributed by atoms with Crippen molar-refractivity contribution in [3.8, 4) is 11.5 Å². The summed E-state index contributed by atoms with van der Waals surface area (Å²) in [5, 5.41) is 3.69. The number of hydrogen-bond donors (Lipinski definition) is 1. The molecular weight excluding hydrogens is 306 g/mol. The van der Waals surface area contributed by atoms with Gasteiger partial charge >= 0.3 is 0 Å². The number of hydrogen-bond acceptors (Lipinski definition) is 4. The van der Waals surface area contributed by atoms with Crippen LogP contribution in [-0.4, -0.2) is 26.5 Å². The Hall–Kier alpha value is -1.65. The van der Waals surface area contributed by atoms with E-state index in [1.165, 1.54) is 16.0 Å². The van der Waals surface area contributed by atoms with E-state index in [1.807, 2.05) is 11.8 Å². The summed E-state index contributed by atoms with van der Waals surface area (Å²) in [6.45, 7) is 3.25. The molecule has 23 heavy (non-hydrogen) atoms. The van der Waals surface area contributed by atoms with Gasteiger partial charge in [0, 0.05) is 17.2 Å². The molecule has 0 aliphatic carbocycles. The predicted octanol–water partition coefficient (Wildman–Crippen LogP) is 3.86. The van der Waals surface area contributed by atoms with Crippen molar-refractivity contribution >= 4 is 11.8 Å². The molecule has 1 unspecified atom stereocenters. The fraction of sp³-hybridized carbons (Fsp3) is 0.368. The van der Waals surface area contributed by atoms with Crippen molar-refractivity contribution in [2.24, 2.45) is 0 Å². The average Bonchev–Trinajstić information content (AvgIpc) is 2.60. The molecule has 1 aliphatic rings. The first-order chi connectivity index (χ1) is 11.2. The van der Waals surface area contributed by atoms with E-state index < -0.39 is 0 Å². The molecule has 0 saturated heterocycles. The standard InChI is InChI=1S/C19H23NO2S/c1-19(13-23-15-7-5-4-6-8-15)16-12-18(22-3)17(21-2)11-14(16)9-10-20-19/h4-8,11-12,20H,9-10,13H2,1-3H3. The van der Waals surface area contributed by atoms with E-state index in [9.17, 15) is 0 Å². The minimum atomic E-state index is -0.0758. The Kier molecular flexibility index (Phi) is 4.83. The third kappa shape index (κ3) is 3.33. The first kappa shape index (κ1) is 16.2. The summed E-state index contributed by atoms with van der Waals surface area (Å²) in [7, 11) is 3.38. The molecule has 1 atom stereocenters. The summed E-state index contributed by atoms with van der Waals surface area (Å²) >= 11 is 1.88. The molecule has 0 bridgehead atoms. The Morgan fingerprint density at radius 2 is 1.78 bits per heavy atom. The van der Waals surface area contributed by atoms with Gasteiger partial charge in [-0.05, 0) is 48.7 Å². The van der Waals surface area contributed by atoms with E-state index >= 15 is 0 Å². The normalized spacial score (nSPS) is 20.0. The maximum Gasteiger partial charge on any atom is 0.161 e. The monoisotopic (exact) mass is 329 g/mol. The van der Waals surface area contributed by atoms with Gasteiger partial charge in [0.1, 0.15) is 0 Å². The van der Waals surface area contributed by atoms with Crippen molar-refractivity contribution in [2.45, 2.75) is 23.8 Å². The Bertz CT molecular complexity index is 675. The minimum absolute atomic E-state index is 0.0758. The van der Waals surface area contributed by atoms with Gasteiger partial charge in [-0.3, -0.25) is 0 Å². The highest BCUT2D eigenvalue weighted by Gasteiger charge is 2.33. The second-order valence-electron chi connectivity index (χ2n) is 5.97. The molecule has 0 fully saturated rings. The van der Waals surface area contributed by atoms with Crippen LogP contribution in [0.1, 0.15) is 18.1 Å². The van der Waals surface area contributed by atoms with Crippen LogP contribution < -0.4 is 14.8 Å². The zero-order valence-electron chi connectivity index (χ0n) is 13.9. The third-order valence-corrected chi connectivity index (χ3v) is 5.71. The van der Waals surface area contributed by atoms with Gasteiger partial charge in [-0.15, -0.1) is 11.8 Å². The zero-order valence-corrected chi connectivity index (χ0v) is 14.7. The first-order valence-electron chi connectivity index (χ1n) is 7.84. The highest BCUT2D eigenvalue weighted by atomic mass is 32.2. The quantitative estimate of drug-likeness (QED) is 0.844. The summed E-state index contributed by atoms with van der Waals surface area (Å²) in [6.07, 6.45) is 1.02. The zero-order chi connectivity index (χ0) is 16.3. The summed E-state index contributed by atoms with van der Waals surface area (Å²) in [4.78, 5) is 1.29. The molecular formula is C19H23NO2S. The van der Waals surface area contributed by atoms with Gasteiger partial charge in [-0.2, -0.15) is 0 Å². The number of ether oxygens (including phenoxy) is 2. The lowest BCUT2D eigenvalue weighted by Crippen LogP contribution is -2.47. The van der Waals surface area contributed by atoms with Gasteiger partial charge in [0.25, 0.3) is 0 Å². The second kappa shape index (κ2) is 6.85. The molecule has 3 nitrogen and oxygen atoms in total. The third-order valence-electron chi connectivity index (χ3n) is 4.38. The lowest BCUT2D eigenvalue weighted by molar-refractivity contribution is 0.345. The van der Waals surface area contributed by atoms with E-state index in [2.05, 4.69) is 54.7 Å².